The average Bonchev–Trinajstić information content (AvgIpc) is 3.06. The Balaban J connectivity index is 1.77. The molecule has 1 N–H and O–H groups in total. The molecule has 1 amide bonds. The Morgan fingerprint density at radius 3 is 3.05 bits per heavy atom. The molecule has 20 heavy (non-hydrogen) atoms. The van der Waals surface area contributed by atoms with Gasteiger partial charge in [-0.15, -0.1) is 11.3 Å². The molecular weight excluding hydrogens is 274 g/mol. The van der Waals surface area contributed by atoms with E-state index in [1.807, 2.05) is 18.1 Å². The summed E-state index contributed by atoms with van der Waals surface area (Å²) in [6, 6.07) is 0.346. The van der Waals surface area contributed by atoms with Gasteiger partial charge in [0.2, 0.25) is 0 Å². The van der Waals surface area contributed by atoms with E-state index in [1.54, 1.807) is 17.1 Å². The number of hydrogen-bond acceptors (Lipinski definition) is 5. The number of aromatic nitrogens is 3. The number of amides is 1. The van der Waals surface area contributed by atoms with Crippen molar-refractivity contribution in [1.82, 2.24) is 25.0 Å². The first-order chi connectivity index (χ1) is 9.63. The summed E-state index contributed by atoms with van der Waals surface area (Å²) in [6.07, 6.45) is 5.34. The van der Waals surface area contributed by atoms with Crippen molar-refractivity contribution < 1.29 is 4.79 Å². The van der Waals surface area contributed by atoms with Gasteiger partial charge in [0.25, 0.3) is 5.91 Å². The highest BCUT2D eigenvalue weighted by Crippen LogP contribution is 2.25. The van der Waals surface area contributed by atoms with E-state index in [0.717, 1.165) is 30.2 Å². The molecule has 3 heterocycles. The minimum atomic E-state index is 0.0750. The number of nitrogens with zero attached hydrogens (tertiary/aromatic N) is 4. The first-order valence-electron chi connectivity index (χ1n) is 6.61. The van der Waals surface area contributed by atoms with Gasteiger partial charge in [-0.3, -0.25) is 9.48 Å². The second-order valence-corrected chi connectivity index (χ2v) is 6.07. The Bertz CT molecular complexity index is 620. The molecule has 1 unspecified atom stereocenters. The fraction of sp³-hybridized carbons (Fsp3) is 0.462. The van der Waals surface area contributed by atoms with Gasteiger partial charge >= 0.3 is 0 Å². The fourth-order valence-electron chi connectivity index (χ4n) is 2.31. The van der Waals surface area contributed by atoms with Crippen LogP contribution in [0.4, 0.5) is 0 Å². The largest absolute Gasteiger partial charge is 0.335 e. The number of nitrogens with one attached hydrogen (secondary N) is 1. The molecular formula is C13H17N5OS. The molecule has 0 saturated carbocycles. The summed E-state index contributed by atoms with van der Waals surface area (Å²) in [7, 11) is 1.87. The molecule has 3 rings (SSSR count). The molecule has 1 saturated heterocycles. The van der Waals surface area contributed by atoms with Gasteiger partial charge in [0, 0.05) is 44.5 Å². The second-order valence-electron chi connectivity index (χ2n) is 5.04. The summed E-state index contributed by atoms with van der Waals surface area (Å²) in [6.45, 7) is 4.44. The first kappa shape index (κ1) is 13.3. The lowest BCUT2D eigenvalue weighted by molar-refractivity contribution is 0.0714. The lowest BCUT2D eigenvalue weighted by atomic mass is 10.2. The maximum Gasteiger partial charge on any atom is 0.265 e. The standard InChI is InChI=1S/C13H17N5OS/c1-9-7-18(4-3-14-9)13(19)11-6-15-12(20-11)10-5-16-17(2)8-10/h5-6,8-9,14H,3-4,7H2,1-2H3. The van der Waals surface area contributed by atoms with Gasteiger partial charge in [-0.05, 0) is 6.92 Å². The minimum absolute atomic E-state index is 0.0750. The quantitative estimate of drug-likeness (QED) is 0.896. The third-order valence-corrected chi connectivity index (χ3v) is 4.36. The minimum Gasteiger partial charge on any atom is -0.335 e. The van der Waals surface area contributed by atoms with Crippen LogP contribution in [0.1, 0.15) is 16.6 Å². The third kappa shape index (κ3) is 2.59. The van der Waals surface area contributed by atoms with Crippen LogP contribution in [0.25, 0.3) is 10.6 Å². The Kier molecular flexibility index (Phi) is 3.54. The molecule has 2 aromatic rings. The van der Waals surface area contributed by atoms with Crippen molar-refractivity contribution in [2.45, 2.75) is 13.0 Å². The van der Waals surface area contributed by atoms with Crippen LogP contribution in [0.15, 0.2) is 18.6 Å². The molecule has 0 radical (unpaired) electrons. The van der Waals surface area contributed by atoms with Gasteiger partial charge < -0.3 is 10.2 Å². The lowest BCUT2D eigenvalue weighted by Crippen LogP contribution is -2.51. The first-order valence-corrected chi connectivity index (χ1v) is 7.42. The number of carbonyl (C=O) groups excluding carboxylic acids is 1. The molecule has 6 nitrogen and oxygen atoms in total. The highest BCUT2D eigenvalue weighted by molar-refractivity contribution is 7.16. The molecule has 0 spiro atoms. The topological polar surface area (TPSA) is 63.1 Å². The van der Waals surface area contributed by atoms with Crippen LogP contribution in [-0.4, -0.2) is 51.2 Å². The van der Waals surface area contributed by atoms with E-state index < -0.39 is 0 Å². The van der Waals surface area contributed by atoms with Gasteiger partial charge in [-0.1, -0.05) is 0 Å². The molecule has 0 aromatic carbocycles. The molecule has 7 heteroatoms. The predicted octanol–water partition coefficient (Wildman–Crippen LogP) is 0.978. The van der Waals surface area contributed by atoms with Crippen molar-refractivity contribution in [3.8, 4) is 10.6 Å². The smallest absolute Gasteiger partial charge is 0.265 e. The maximum atomic E-state index is 12.4. The second kappa shape index (κ2) is 5.34. The van der Waals surface area contributed by atoms with E-state index >= 15 is 0 Å². The monoisotopic (exact) mass is 291 g/mol. The number of piperazine rings is 1. The highest BCUT2D eigenvalue weighted by Gasteiger charge is 2.23. The number of thiazole rings is 1. The van der Waals surface area contributed by atoms with E-state index in [9.17, 15) is 4.79 Å². The van der Waals surface area contributed by atoms with Gasteiger partial charge in [-0.2, -0.15) is 5.10 Å². The predicted molar refractivity (Wildman–Crippen MR) is 77.7 cm³/mol. The molecule has 0 aliphatic carbocycles. The number of carbonyl (C=O) groups is 1. The van der Waals surface area contributed by atoms with Crippen molar-refractivity contribution in [2.24, 2.45) is 7.05 Å². The molecule has 1 fully saturated rings. The highest BCUT2D eigenvalue weighted by atomic mass is 32.1. The average molecular weight is 291 g/mol. The SMILES string of the molecule is CC1CN(C(=O)c2cnc(-c3cnn(C)c3)s2)CCN1. The molecule has 106 valence electrons. The summed E-state index contributed by atoms with van der Waals surface area (Å²) in [5.74, 6) is 0.0750. The summed E-state index contributed by atoms with van der Waals surface area (Å²) < 4.78 is 1.73. The zero-order valence-corrected chi connectivity index (χ0v) is 12.4. The van der Waals surface area contributed by atoms with E-state index in [1.165, 1.54) is 11.3 Å². The normalized spacial score (nSPS) is 19.3. The Morgan fingerprint density at radius 2 is 2.35 bits per heavy atom. The molecule has 2 aromatic heterocycles. The number of aryl methyl sites for hydroxylation is 1. The van der Waals surface area contributed by atoms with Crippen LogP contribution in [-0.2, 0) is 7.05 Å². The summed E-state index contributed by atoms with van der Waals surface area (Å²) >= 11 is 1.43. The fourth-order valence-corrected chi connectivity index (χ4v) is 3.17. The Morgan fingerprint density at radius 1 is 1.50 bits per heavy atom. The number of hydrogen-bond donors (Lipinski definition) is 1. The van der Waals surface area contributed by atoms with Crippen LogP contribution in [0.2, 0.25) is 0 Å². The van der Waals surface area contributed by atoms with Crippen molar-refractivity contribution in [3.05, 3.63) is 23.5 Å². The Labute approximate surface area is 121 Å². The zero-order valence-electron chi connectivity index (χ0n) is 11.5. The lowest BCUT2D eigenvalue weighted by Gasteiger charge is -2.31. The van der Waals surface area contributed by atoms with Crippen molar-refractivity contribution in [2.75, 3.05) is 19.6 Å². The van der Waals surface area contributed by atoms with Crippen LogP contribution in [0.5, 0.6) is 0 Å². The Hall–Kier alpha value is -1.73. The van der Waals surface area contributed by atoms with Crippen LogP contribution in [0.3, 0.4) is 0 Å². The van der Waals surface area contributed by atoms with Gasteiger partial charge in [0.1, 0.15) is 9.88 Å². The van der Waals surface area contributed by atoms with Crippen molar-refractivity contribution in [1.29, 1.82) is 0 Å². The van der Waals surface area contributed by atoms with Crippen LogP contribution in [0, 0.1) is 0 Å². The van der Waals surface area contributed by atoms with E-state index in [-0.39, 0.29) is 5.91 Å². The van der Waals surface area contributed by atoms with Crippen LogP contribution < -0.4 is 5.32 Å². The van der Waals surface area contributed by atoms with Gasteiger partial charge in [0.05, 0.1) is 12.4 Å². The van der Waals surface area contributed by atoms with Gasteiger partial charge in [0.15, 0.2) is 0 Å². The third-order valence-electron chi connectivity index (χ3n) is 3.32. The molecule has 1 aliphatic heterocycles. The van der Waals surface area contributed by atoms with E-state index in [2.05, 4.69) is 22.3 Å². The van der Waals surface area contributed by atoms with E-state index in [4.69, 9.17) is 0 Å². The van der Waals surface area contributed by atoms with Crippen molar-refractivity contribution >= 4 is 17.2 Å². The van der Waals surface area contributed by atoms with Crippen molar-refractivity contribution in [3.63, 3.8) is 0 Å². The summed E-state index contributed by atoms with van der Waals surface area (Å²) in [5.41, 5.74) is 0.949. The van der Waals surface area contributed by atoms with Crippen LogP contribution >= 0.6 is 11.3 Å². The molecule has 1 atom stereocenters. The zero-order chi connectivity index (χ0) is 14.1. The number of rotatable bonds is 2. The maximum absolute atomic E-state index is 12.4. The summed E-state index contributed by atoms with van der Waals surface area (Å²) in [4.78, 5) is 19.4. The molecule has 1 aliphatic rings. The van der Waals surface area contributed by atoms with Gasteiger partial charge in [-0.25, -0.2) is 4.98 Å². The van der Waals surface area contributed by atoms with E-state index in [0.29, 0.717) is 10.9 Å². The molecule has 0 bridgehead atoms. The summed E-state index contributed by atoms with van der Waals surface area (Å²) in [5, 5.41) is 8.30.